The molecule has 2 aromatic rings. The van der Waals surface area contributed by atoms with Gasteiger partial charge in [0.15, 0.2) is 6.61 Å². The molecule has 0 aliphatic heterocycles. The average Bonchev–Trinajstić information content (AvgIpc) is 3.15. The van der Waals surface area contributed by atoms with Gasteiger partial charge in [0.1, 0.15) is 11.1 Å². The molecule has 0 unspecified atom stereocenters. The Labute approximate surface area is 150 Å². The number of nitriles is 1. The number of carbonyl (C=O) groups excluding carboxylic acids is 2. The molecule has 1 amide bonds. The maximum absolute atomic E-state index is 12.0. The van der Waals surface area contributed by atoms with E-state index in [-0.39, 0.29) is 13.0 Å². The van der Waals surface area contributed by atoms with Crippen molar-refractivity contribution in [3.05, 3.63) is 51.4 Å². The molecule has 6 heteroatoms. The van der Waals surface area contributed by atoms with Crippen LogP contribution in [-0.2, 0) is 33.6 Å². The van der Waals surface area contributed by atoms with Crippen molar-refractivity contribution in [1.82, 2.24) is 0 Å². The van der Waals surface area contributed by atoms with E-state index >= 15 is 0 Å². The molecule has 1 aromatic carbocycles. The van der Waals surface area contributed by atoms with Gasteiger partial charge in [-0.3, -0.25) is 9.59 Å². The number of anilines is 1. The Kier molecular flexibility index (Phi) is 5.15. The van der Waals surface area contributed by atoms with Gasteiger partial charge in [0.25, 0.3) is 5.91 Å². The molecule has 1 aliphatic carbocycles. The number of nitrogens with one attached hydrogen (secondary N) is 1. The lowest BCUT2D eigenvalue weighted by molar-refractivity contribution is -0.146. The molecular formula is C19H18N2O3S. The number of esters is 1. The lowest BCUT2D eigenvalue weighted by Crippen LogP contribution is -2.21. The van der Waals surface area contributed by atoms with Crippen molar-refractivity contribution < 1.29 is 14.3 Å². The van der Waals surface area contributed by atoms with E-state index in [9.17, 15) is 14.9 Å². The second-order valence-corrected chi connectivity index (χ2v) is 7.09. The summed E-state index contributed by atoms with van der Waals surface area (Å²) in [5.74, 6) is -0.867. The minimum atomic E-state index is -0.446. The molecule has 1 heterocycles. The largest absolute Gasteiger partial charge is 0.455 e. The Morgan fingerprint density at radius 3 is 2.88 bits per heavy atom. The third kappa shape index (κ3) is 3.89. The van der Waals surface area contributed by atoms with Gasteiger partial charge in [-0.1, -0.05) is 24.3 Å². The van der Waals surface area contributed by atoms with Gasteiger partial charge in [0.05, 0.1) is 12.0 Å². The van der Waals surface area contributed by atoms with E-state index in [0.717, 1.165) is 36.0 Å². The minimum absolute atomic E-state index is 0.136. The summed E-state index contributed by atoms with van der Waals surface area (Å²) in [6, 6.07) is 9.73. The summed E-state index contributed by atoms with van der Waals surface area (Å²) in [7, 11) is 0. The number of rotatable bonds is 5. The van der Waals surface area contributed by atoms with Crippen LogP contribution in [0, 0.1) is 18.3 Å². The predicted molar refractivity (Wildman–Crippen MR) is 95.5 cm³/mol. The van der Waals surface area contributed by atoms with Gasteiger partial charge < -0.3 is 10.1 Å². The first-order valence-corrected chi connectivity index (χ1v) is 8.94. The van der Waals surface area contributed by atoms with Crippen LogP contribution in [0.4, 0.5) is 5.00 Å². The fourth-order valence-electron chi connectivity index (χ4n) is 2.93. The van der Waals surface area contributed by atoms with Crippen molar-refractivity contribution in [1.29, 1.82) is 5.26 Å². The number of nitrogens with zero attached hydrogens (tertiary/aromatic N) is 1. The average molecular weight is 354 g/mol. The second kappa shape index (κ2) is 7.49. The normalized spacial score (nSPS) is 12.3. The molecule has 0 saturated carbocycles. The van der Waals surface area contributed by atoms with Gasteiger partial charge in [-0.05, 0) is 42.9 Å². The monoisotopic (exact) mass is 354 g/mol. The lowest BCUT2D eigenvalue weighted by atomic mass is 10.1. The molecule has 3 rings (SSSR count). The number of thiophene rings is 1. The standard InChI is InChI=1S/C19H18N2O3S/c1-12-5-2-3-6-13(12)9-18(23)24-11-17(22)21-19-15(10-20)14-7-4-8-16(14)25-19/h2-3,5-6H,4,7-9,11H2,1H3,(H,21,22). The summed E-state index contributed by atoms with van der Waals surface area (Å²) in [5, 5.41) is 12.6. The van der Waals surface area contributed by atoms with Crippen molar-refractivity contribution in [2.24, 2.45) is 0 Å². The van der Waals surface area contributed by atoms with E-state index < -0.39 is 11.9 Å². The maximum atomic E-state index is 12.0. The molecule has 1 aliphatic rings. The second-order valence-electron chi connectivity index (χ2n) is 5.99. The van der Waals surface area contributed by atoms with Crippen molar-refractivity contribution >= 4 is 28.2 Å². The summed E-state index contributed by atoms with van der Waals surface area (Å²) in [6.45, 7) is 1.58. The highest BCUT2D eigenvalue weighted by Gasteiger charge is 2.23. The molecule has 128 valence electrons. The number of carbonyl (C=O) groups is 2. The van der Waals surface area contributed by atoms with Crippen LogP contribution in [0.25, 0.3) is 0 Å². The molecule has 0 atom stereocenters. The number of benzene rings is 1. The van der Waals surface area contributed by atoms with E-state index in [0.29, 0.717) is 10.6 Å². The lowest BCUT2D eigenvalue weighted by Gasteiger charge is -2.07. The summed E-state index contributed by atoms with van der Waals surface area (Å²) >= 11 is 1.45. The van der Waals surface area contributed by atoms with Gasteiger partial charge in [0.2, 0.25) is 0 Å². The molecule has 0 saturated heterocycles. The van der Waals surface area contributed by atoms with E-state index in [1.807, 2.05) is 31.2 Å². The van der Waals surface area contributed by atoms with Gasteiger partial charge in [-0.2, -0.15) is 5.26 Å². The number of fused-ring (bicyclic) bond motifs is 1. The fourth-order valence-corrected chi connectivity index (χ4v) is 4.19. The van der Waals surface area contributed by atoms with Crippen molar-refractivity contribution in [3.8, 4) is 6.07 Å². The Balaban J connectivity index is 1.54. The molecule has 0 radical (unpaired) electrons. The first-order valence-electron chi connectivity index (χ1n) is 8.13. The summed E-state index contributed by atoms with van der Waals surface area (Å²) in [4.78, 5) is 25.1. The predicted octanol–water partition coefficient (Wildman–Crippen LogP) is 3.14. The molecule has 1 N–H and O–H groups in total. The molecule has 0 fully saturated rings. The Morgan fingerprint density at radius 2 is 2.12 bits per heavy atom. The minimum Gasteiger partial charge on any atom is -0.455 e. The van der Waals surface area contributed by atoms with Gasteiger partial charge in [0, 0.05) is 4.88 Å². The third-order valence-electron chi connectivity index (χ3n) is 4.25. The summed E-state index contributed by atoms with van der Waals surface area (Å²) in [6.07, 6.45) is 3.03. The van der Waals surface area contributed by atoms with Crippen LogP contribution in [0.5, 0.6) is 0 Å². The quantitative estimate of drug-likeness (QED) is 0.837. The molecule has 1 aromatic heterocycles. The summed E-state index contributed by atoms with van der Waals surface area (Å²) in [5.41, 5.74) is 3.50. The van der Waals surface area contributed by atoms with Crippen LogP contribution in [0.1, 0.15) is 33.6 Å². The van der Waals surface area contributed by atoms with Crippen LogP contribution in [0.3, 0.4) is 0 Å². The number of hydrogen-bond donors (Lipinski definition) is 1. The number of amides is 1. The Hall–Kier alpha value is -2.65. The van der Waals surface area contributed by atoms with Gasteiger partial charge >= 0.3 is 5.97 Å². The van der Waals surface area contributed by atoms with Gasteiger partial charge in [-0.25, -0.2) is 0 Å². The maximum Gasteiger partial charge on any atom is 0.310 e. The van der Waals surface area contributed by atoms with Gasteiger partial charge in [-0.15, -0.1) is 11.3 Å². The van der Waals surface area contributed by atoms with Crippen LogP contribution < -0.4 is 5.32 Å². The Bertz CT molecular complexity index is 864. The SMILES string of the molecule is Cc1ccccc1CC(=O)OCC(=O)Nc1sc2c(c1C#N)CCC2. The van der Waals surface area contributed by atoms with Crippen molar-refractivity contribution in [2.45, 2.75) is 32.6 Å². The Morgan fingerprint density at radius 1 is 1.32 bits per heavy atom. The van der Waals surface area contributed by atoms with E-state index in [1.54, 1.807) is 0 Å². The van der Waals surface area contributed by atoms with Crippen LogP contribution in [0.2, 0.25) is 0 Å². The third-order valence-corrected chi connectivity index (χ3v) is 5.45. The fraction of sp³-hybridized carbons (Fsp3) is 0.316. The van der Waals surface area contributed by atoms with E-state index in [4.69, 9.17) is 4.74 Å². The number of ether oxygens (including phenoxy) is 1. The summed E-state index contributed by atoms with van der Waals surface area (Å²) < 4.78 is 5.06. The molecule has 0 spiro atoms. The van der Waals surface area contributed by atoms with Crippen LogP contribution in [-0.4, -0.2) is 18.5 Å². The highest BCUT2D eigenvalue weighted by Crippen LogP contribution is 2.38. The van der Waals surface area contributed by atoms with Crippen molar-refractivity contribution in [3.63, 3.8) is 0 Å². The zero-order chi connectivity index (χ0) is 17.8. The van der Waals surface area contributed by atoms with E-state index in [2.05, 4.69) is 11.4 Å². The van der Waals surface area contributed by atoms with E-state index in [1.165, 1.54) is 16.2 Å². The zero-order valence-electron chi connectivity index (χ0n) is 13.9. The smallest absolute Gasteiger partial charge is 0.310 e. The van der Waals surface area contributed by atoms with Crippen LogP contribution in [0.15, 0.2) is 24.3 Å². The highest BCUT2D eigenvalue weighted by atomic mass is 32.1. The number of hydrogen-bond acceptors (Lipinski definition) is 5. The first kappa shape index (κ1) is 17.2. The molecule has 25 heavy (non-hydrogen) atoms. The highest BCUT2D eigenvalue weighted by molar-refractivity contribution is 7.16. The zero-order valence-corrected chi connectivity index (χ0v) is 14.7. The van der Waals surface area contributed by atoms with Crippen molar-refractivity contribution in [2.75, 3.05) is 11.9 Å². The topological polar surface area (TPSA) is 79.2 Å². The first-order chi connectivity index (χ1) is 12.1. The van der Waals surface area contributed by atoms with Crippen LogP contribution >= 0.6 is 11.3 Å². The number of aryl methyl sites for hydroxylation is 2. The molecule has 0 bridgehead atoms. The molecular weight excluding hydrogens is 336 g/mol. The molecule has 5 nitrogen and oxygen atoms in total.